The van der Waals surface area contributed by atoms with Gasteiger partial charge in [0, 0.05) is 38.3 Å². The molecule has 0 unspecified atom stereocenters. The van der Waals surface area contributed by atoms with Gasteiger partial charge in [0.15, 0.2) is 0 Å². The highest BCUT2D eigenvalue weighted by Gasteiger charge is 2.31. The summed E-state index contributed by atoms with van der Waals surface area (Å²) in [5, 5.41) is 10.8. The maximum absolute atomic E-state index is 13.2. The number of non-ortho nitro benzene ring substituents is 1. The molecule has 0 bridgehead atoms. The first-order valence-corrected chi connectivity index (χ1v) is 11.4. The van der Waals surface area contributed by atoms with Gasteiger partial charge in [-0.25, -0.2) is 0 Å². The van der Waals surface area contributed by atoms with Crippen molar-refractivity contribution in [2.45, 2.75) is 38.6 Å². The summed E-state index contributed by atoms with van der Waals surface area (Å²) in [5.74, 6) is 1.04. The van der Waals surface area contributed by atoms with Crippen molar-refractivity contribution in [3.63, 3.8) is 0 Å². The van der Waals surface area contributed by atoms with E-state index in [1.54, 1.807) is 12.1 Å². The summed E-state index contributed by atoms with van der Waals surface area (Å²) in [6.07, 6.45) is 5.25. The molecule has 0 aliphatic carbocycles. The average Bonchev–Trinajstić information content (AvgIpc) is 2.80. The molecule has 31 heavy (non-hydrogen) atoms. The molecule has 4 rings (SSSR count). The van der Waals surface area contributed by atoms with Crippen molar-refractivity contribution in [3.8, 4) is 0 Å². The molecule has 2 aromatic rings. The van der Waals surface area contributed by atoms with Crippen molar-refractivity contribution >= 4 is 11.6 Å². The Labute approximate surface area is 184 Å². The van der Waals surface area contributed by atoms with Crippen molar-refractivity contribution < 1.29 is 9.72 Å². The van der Waals surface area contributed by atoms with Crippen LogP contribution in [0.4, 0.5) is 5.69 Å². The van der Waals surface area contributed by atoms with Crippen molar-refractivity contribution in [2.24, 2.45) is 11.8 Å². The van der Waals surface area contributed by atoms with Gasteiger partial charge >= 0.3 is 0 Å². The third-order valence-corrected chi connectivity index (χ3v) is 6.70. The third kappa shape index (κ3) is 5.70. The highest BCUT2D eigenvalue weighted by Crippen LogP contribution is 2.26. The fraction of sp³-hybridized carbons (Fsp3) is 0.480. The van der Waals surface area contributed by atoms with Gasteiger partial charge in [0.1, 0.15) is 0 Å². The Hall–Kier alpha value is -2.73. The largest absolute Gasteiger partial charge is 0.342 e. The van der Waals surface area contributed by atoms with Gasteiger partial charge < -0.3 is 4.90 Å². The molecule has 164 valence electrons. The first-order valence-electron chi connectivity index (χ1n) is 11.4. The van der Waals surface area contributed by atoms with E-state index in [0.717, 1.165) is 70.4 Å². The molecular formula is C25H31N3O3. The summed E-state index contributed by atoms with van der Waals surface area (Å²) in [6.45, 7) is 4.23. The van der Waals surface area contributed by atoms with Gasteiger partial charge in [0.2, 0.25) is 5.91 Å². The lowest BCUT2D eigenvalue weighted by molar-refractivity contribution is -0.384. The predicted octanol–water partition coefficient (Wildman–Crippen LogP) is 4.29. The van der Waals surface area contributed by atoms with Crippen molar-refractivity contribution in [2.75, 3.05) is 26.2 Å². The summed E-state index contributed by atoms with van der Waals surface area (Å²) in [7, 11) is 0. The average molecular weight is 422 g/mol. The van der Waals surface area contributed by atoms with Crippen LogP contribution < -0.4 is 0 Å². The number of amides is 1. The first kappa shape index (κ1) is 21.5. The zero-order valence-electron chi connectivity index (χ0n) is 18.0. The van der Waals surface area contributed by atoms with Crippen molar-refractivity contribution in [1.82, 2.24) is 9.80 Å². The van der Waals surface area contributed by atoms with Gasteiger partial charge in [-0.1, -0.05) is 42.5 Å². The second-order valence-electron chi connectivity index (χ2n) is 8.96. The van der Waals surface area contributed by atoms with E-state index in [0.29, 0.717) is 11.8 Å². The molecule has 2 saturated heterocycles. The fourth-order valence-corrected chi connectivity index (χ4v) is 4.95. The SMILES string of the molecule is O=C([C@@H]1CCCN(Cc2ccc([N+](=O)[O-])cc2)C1)N1CCC(Cc2ccccc2)CC1. The van der Waals surface area contributed by atoms with Crippen LogP contribution in [0.5, 0.6) is 0 Å². The first-order chi connectivity index (χ1) is 15.1. The molecule has 2 aliphatic rings. The molecule has 0 saturated carbocycles. The minimum absolute atomic E-state index is 0.0671. The second-order valence-corrected chi connectivity index (χ2v) is 8.96. The minimum atomic E-state index is -0.373. The number of hydrogen-bond acceptors (Lipinski definition) is 4. The number of rotatable bonds is 6. The van der Waals surface area contributed by atoms with E-state index in [2.05, 4.69) is 40.1 Å². The molecule has 0 spiro atoms. The summed E-state index contributed by atoms with van der Waals surface area (Å²) in [4.78, 5) is 28.0. The van der Waals surface area contributed by atoms with E-state index in [1.807, 2.05) is 12.1 Å². The normalized spacial score (nSPS) is 20.5. The number of benzene rings is 2. The van der Waals surface area contributed by atoms with Crippen LogP contribution in [0.15, 0.2) is 54.6 Å². The van der Waals surface area contributed by atoms with E-state index in [4.69, 9.17) is 0 Å². The lowest BCUT2D eigenvalue weighted by Gasteiger charge is -2.38. The number of nitro benzene ring substituents is 1. The molecule has 2 aromatic carbocycles. The number of nitro groups is 1. The van der Waals surface area contributed by atoms with Crippen LogP contribution in [0.25, 0.3) is 0 Å². The number of likely N-dealkylation sites (tertiary alicyclic amines) is 2. The molecular weight excluding hydrogens is 390 g/mol. The Bertz CT molecular complexity index is 877. The van der Waals surface area contributed by atoms with Crippen LogP contribution in [0.1, 0.15) is 36.8 Å². The zero-order chi connectivity index (χ0) is 21.6. The van der Waals surface area contributed by atoms with Gasteiger partial charge in [-0.3, -0.25) is 19.8 Å². The Morgan fingerprint density at radius 2 is 1.65 bits per heavy atom. The molecule has 2 fully saturated rings. The highest BCUT2D eigenvalue weighted by atomic mass is 16.6. The quantitative estimate of drug-likeness (QED) is 0.516. The number of piperidine rings is 2. The molecule has 6 heteroatoms. The molecule has 1 amide bonds. The van der Waals surface area contributed by atoms with Gasteiger partial charge in [-0.15, -0.1) is 0 Å². The molecule has 6 nitrogen and oxygen atoms in total. The van der Waals surface area contributed by atoms with Crippen LogP contribution in [0.3, 0.4) is 0 Å². The lowest BCUT2D eigenvalue weighted by Crippen LogP contribution is -2.47. The van der Waals surface area contributed by atoms with Gasteiger partial charge in [0.25, 0.3) is 5.69 Å². The highest BCUT2D eigenvalue weighted by molar-refractivity contribution is 5.79. The summed E-state index contributed by atoms with van der Waals surface area (Å²) in [6, 6.07) is 17.4. The van der Waals surface area contributed by atoms with Crippen molar-refractivity contribution in [1.29, 1.82) is 0 Å². The monoisotopic (exact) mass is 421 g/mol. The van der Waals surface area contributed by atoms with Gasteiger partial charge in [-0.05, 0) is 55.7 Å². The number of nitrogens with zero attached hydrogens (tertiary/aromatic N) is 3. The summed E-state index contributed by atoms with van der Waals surface area (Å²) in [5.41, 5.74) is 2.56. The smallest absolute Gasteiger partial charge is 0.269 e. The predicted molar refractivity (Wildman–Crippen MR) is 121 cm³/mol. The van der Waals surface area contributed by atoms with Crippen LogP contribution in [-0.2, 0) is 17.8 Å². The molecule has 0 radical (unpaired) electrons. The number of carbonyl (C=O) groups is 1. The fourth-order valence-electron chi connectivity index (χ4n) is 4.95. The zero-order valence-corrected chi connectivity index (χ0v) is 18.0. The standard InChI is InChI=1S/C25H31N3O3/c29-25(27-15-12-21(13-16-27)17-20-5-2-1-3-6-20)23-7-4-14-26(19-23)18-22-8-10-24(11-9-22)28(30)31/h1-3,5-6,8-11,21,23H,4,7,12-19H2/t23-/m1/s1. The van der Waals surface area contributed by atoms with Gasteiger partial charge in [-0.2, -0.15) is 0 Å². The van der Waals surface area contributed by atoms with Crippen LogP contribution >= 0.6 is 0 Å². The van der Waals surface area contributed by atoms with E-state index < -0.39 is 0 Å². The molecule has 2 heterocycles. The van der Waals surface area contributed by atoms with Gasteiger partial charge in [0.05, 0.1) is 10.8 Å². The maximum Gasteiger partial charge on any atom is 0.269 e. The summed E-state index contributed by atoms with van der Waals surface area (Å²) < 4.78 is 0. The Morgan fingerprint density at radius 3 is 2.32 bits per heavy atom. The third-order valence-electron chi connectivity index (χ3n) is 6.70. The lowest BCUT2D eigenvalue weighted by atomic mass is 9.89. The Balaban J connectivity index is 1.26. The minimum Gasteiger partial charge on any atom is -0.342 e. The number of carbonyl (C=O) groups excluding carboxylic acids is 1. The van der Waals surface area contributed by atoms with E-state index in [1.165, 1.54) is 5.56 Å². The second kappa shape index (κ2) is 10.1. The van der Waals surface area contributed by atoms with Crippen LogP contribution in [0.2, 0.25) is 0 Å². The molecule has 0 aromatic heterocycles. The van der Waals surface area contributed by atoms with E-state index in [-0.39, 0.29) is 16.5 Å². The van der Waals surface area contributed by atoms with E-state index in [9.17, 15) is 14.9 Å². The summed E-state index contributed by atoms with van der Waals surface area (Å²) >= 11 is 0. The van der Waals surface area contributed by atoms with E-state index >= 15 is 0 Å². The Morgan fingerprint density at radius 1 is 0.935 bits per heavy atom. The van der Waals surface area contributed by atoms with Crippen LogP contribution in [-0.4, -0.2) is 46.8 Å². The Kier molecular flexibility index (Phi) is 6.97. The van der Waals surface area contributed by atoms with Crippen LogP contribution in [0, 0.1) is 22.0 Å². The molecule has 0 N–H and O–H groups in total. The molecule has 2 aliphatic heterocycles. The maximum atomic E-state index is 13.2. The van der Waals surface area contributed by atoms with Crippen molar-refractivity contribution in [3.05, 3.63) is 75.8 Å². The molecule has 1 atom stereocenters. The number of hydrogen-bond donors (Lipinski definition) is 0. The topological polar surface area (TPSA) is 66.7 Å².